The number of halogens is 1. The third-order valence-corrected chi connectivity index (χ3v) is 3.53. The number of methoxy groups -OCH3 is 1. The van der Waals surface area contributed by atoms with E-state index >= 15 is 0 Å². The molecule has 0 fully saturated rings. The molecular weight excluding hydrogens is 318 g/mol. The summed E-state index contributed by atoms with van der Waals surface area (Å²) >= 11 is 6.02. The van der Waals surface area contributed by atoms with Crippen LogP contribution in [0.1, 0.15) is 10.4 Å². The van der Waals surface area contributed by atoms with E-state index in [4.69, 9.17) is 21.4 Å². The van der Waals surface area contributed by atoms with Crippen molar-refractivity contribution in [3.05, 3.63) is 53.3 Å². The van der Waals surface area contributed by atoms with Gasteiger partial charge >= 0.3 is 5.97 Å². The van der Waals surface area contributed by atoms with Crippen LogP contribution in [0.25, 0.3) is 10.9 Å². The number of rotatable bonds is 4. The number of anilines is 2. The molecule has 0 bridgehead atoms. The van der Waals surface area contributed by atoms with Gasteiger partial charge in [-0.1, -0.05) is 11.6 Å². The Bertz CT molecular complexity index is 899. The van der Waals surface area contributed by atoms with Crippen LogP contribution in [0.5, 0.6) is 5.75 Å². The molecule has 0 unspecified atom stereocenters. The molecule has 2 N–H and O–H groups in total. The summed E-state index contributed by atoms with van der Waals surface area (Å²) in [6.45, 7) is 0. The lowest BCUT2D eigenvalue weighted by Crippen LogP contribution is -2.00. The Morgan fingerprint density at radius 1 is 1.22 bits per heavy atom. The summed E-state index contributed by atoms with van der Waals surface area (Å²) in [7, 11) is 1.56. The molecular formula is C16H12ClN3O3. The summed E-state index contributed by atoms with van der Waals surface area (Å²) in [5.41, 5.74) is 1.35. The first kappa shape index (κ1) is 15.1. The van der Waals surface area contributed by atoms with E-state index < -0.39 is 5.97 Å². The van der Waals surface area contributed by atoms with Gasteiger partial charge in [-0.3, -0.25) is 0 Å². The van der Waals surface area contributed by atoms with Crippen molar-refractivity contribution in [2.75, 3.05) is 12.4 Å². The first-order chi connectivity index (χ1) is 11.1. The van der Waals surface area contributed by atoms with E-state index in [9.17, 15) is 4.79 Å². The van der Waals surface area contributed by atoms with Gasteiger partial charge in [0.2, 0.25) is 0 Å². The van der Waals surface area contributed by atoms with Crippen molar-refractivity contribution >= 4 is 40.0 Å². The Labute approximate surface area is 136 Å². The largest absolute Gasteiger partial charge is 0.495 e. The zero-order valence-electron chi connectivity index (χ0n) is 12.1. The van der Waals surface area contributed by atoms with Gasteiger partial charge in [0, 0.05) is 10.4 Å². The monoisotopic (exact) mass is 329 g/mol. The maximum absolute atomic E-state index is 11.1. The molecule has 3 rings (SSSR count). The van der Waals surface area contributed by atoms with Gasteiger partial charge < -0.3 is 15.2 Å². The third-order valence-electron chi connectivity index (χ3n) is 3.30. The number of ether oxygens (including phenoxy) is 1. The van der Waals surface area contributed by atoms with E-state index in [1.54, 1.807) is 31.4 Å². The number of carboxylic acid groups (broad SMARTS) is 1. The van der Waals surface area contributed by atoms with Crippen LogP contribution in [0, 0.1) is 0 Å². The van der Waals surface area contributed by atoms with Gasteiger partial charge in [0.15, 0.2) is 0 Å². The molecule has 2 aromatic carbocycles. The van der Waals surface area contributed by atoms with Crippen LogP contribution in [0.4, 0.5) is 11.5 Å². The number of aromatic nitrogens is 2. The van der Waals surface area contributed by atoms with Gasteiger partial charge in [-0.15, -0.1) is 0 Å². The molecule has 0 aliphatic rings. The molecule has 0 spiro atoms. The summed E-state index contributed by atoms with van der Waals surface area (Å²) in [6, 6.07) is 9.87. The number of nitrogens with zero attached hydrogens (tertiary/aromatic N) is 2. The standard InChI is InChI=1S/C16H12ClN3O3/c1-23-14-5-3-10(17)7-13(14)20-15-11-4-2-9(16(21)22)6-12(11)18-8-19-15/h2-8H,1H3,(H,21,22)(H,18,19,20). The van der Waals surface area contributed by atoms with Crippen LogP contribution >= 0.6 is 11.6 Å². The summed E-state index contributed by atoms with van der Waals surface area (Å²) < 4.78 is 5.29. The molecule has 0 radical (unpaired) electrons. The predicted molar refractivity (Wildman–Crippen MR) is 87.8 cm³/mol. The first-order valence-electron chi connectivity index (χ1n) is 6.67. The highest BCUT2D eigenvalue weighted by atomic mass is 35.5. The molecule has 1 heterocycles. The Morgan fingerprint density at radius 2 is 2.04 bits per heavy atom. The lowest BCUT2D eigenvalue weighted by Gasteiger charge is -2.12. The van der Waals surface area contributed by atoms with Crippen molar-refractivity contribution in [3.8, 4) is 5.75 Å². The van der Waals surface area contributed by atoms with Crippen LogP contribution < -0.4 is 10.1 Å². The summed E-state index contributed by atoms with van der Waals surface area (Å²) in [4.78, 5) is 19.4. The fourth-order valence-corrected chi connectivity index (χ4v) is 2.37. The smallest absolute Gasteiger partial charge is 0.335 e. The Morgan fingerprint density at radius 3 is 2.78 bits per heavy atom. The number of hydrogen-bond acceptors (Lipinski definition) is 5. The Hall–Kier alpha value is -2.86. The number of carboxylic acids is 1. The van der Waals surface area contributed by atoms with Crippen LogP contribution in [-0.2, 0) is 0 Å². The number of nitrogens with one attached hydrogen (secondary N) is 1. The lowest BCUT2D eigenvalue weighted by molar-refractivity contribution is 0.0697. The molecule has 0 saturated carbocycles. The topological polar surface area (TPSA) is 84.3 Å². The van der Waals surface area contributed by atoms with E-state index in [0.717, 1.165) is 0 Å². The Balaban J connectivity index is 2.07. The van der Waals surface area contributed by atoms with Gasteiger partial charge in [-0.05, 0) is 36.4 Å². The van der Waals surface area contributed by atoms with Crippen molar-refractivity contribution in [2.45, 2.75) is 0 Å². The first-order valence-corrected chi connectivity index (χ1v) is 7.05. The quantitative estimate of drug-likeness (QED) is 0.758. The molecule has 6 nitrogen and oxygen atoms in total. The Kier molecular flexibility index (Phi) is 3.99. The average molecular weight is 330 g/mol. The van der Waals surface area contributed by atoms with Crippen molar-refractivity contribution in [1.82, 2.24) is 9.97 Å². The summed E-state index contributed by atoms with van der Waals surface area (Å²) in [5.74, 6) is 0.146. The number of carbonyl (C=O) groups is 1. The SMILES string of the molecule is COc1ccc(Cl)cc1Nc1ncnc2cc(C(=O)O)ccc12. The highest BCUT2D eigenvalue weighted by molar-refractivity contribution is 6.31. The van der Waals surface area contributed by atoms with Crippen molar-refractivity contribution in [3.63, 3.8) is 0 Å². The normalized spacial score (nSPS) is 10.5. The zero-order chi connectivity index (χ0) is 16.4. The molecule has 116 valence electrons. The zero-order valence-corrected chi connectivity index (χ0v) is 12.8. The highest BCUT2D eigenvalue weighted by Gasteiger charge is 2.10. The molecule has 0 atom stereocenters. The van der Waals surface area contributed by atoms with Crippen LogP contribution in [-0.4, -0.2) is 28.2 Å². The number of aromatic carboxylic acids is 1. The average Bonchev–Trinajstić information content (AvgIpc) is 2.55. The summed E-state index contributed by atoms with van der Waals surface area (Å²) in [6.07, 6.45) is 1.37. The second-order valence-electron chi connectivity index (χ2n) is 4.73. The van der Waals surface area contributed by atoms with Crippen molar-refractivity contribution < 1.29 is 14.6 Å². The molecule has 0 amide bonds. The molecule has 0 aliphatic heterocycles. The van der Waals surface area contributed by atoms with E-state index in [1.807, 2.05) is 0 Å². The molecule has 3 aromatic rings. The predicted octanol–water partition coefficient (Wildman–Crippen LogP) is 3.73. The number of fused-ring (bicyclic) bond motifs is 1. The van der Waals surface area contributed by atoms with Gasteiger partial charge in [0.25, 0.3) is 0 Å². The fourth-order valence-electron chi connectivity index (χ4n) is 2.20. The van der Waals surface area contributed by atoms with Crippen LogP contribution in [0.2, 0.25) is 5.02 Å². The lowest BCUT2D eigenvalue weighted by atomic mass is 10.1. The maximum atomic E-state index is 11.1. The number of hydrogen-bond donors (Lipinski definition) is 2. The second kappa shape index (κ2) is 6.10. The maximum Gasteiger partial charge on any atom is 0.335 e. The van der Waals surface area contributed by atoms with Crippen LogP contribution in [0.15, 0.2) is 42.7 Å². The molecule has 0 aliphatic carbocycles. The minimum atomic E-state index is -1.00. The highest BCUT2D eigenvalue weighted by Crippen LogP contribution is 2.32. The van der Waals surface area contributed by atoms with E-state index in [2.05, 4.69) is 15.3 Å². The summed E-state index contributed by atoms with van der Waals surface area (Å²) in [5, 5.41) is 13.5. The molecule has 7 heteroatoms. The van der Waals surface area contributed by atoms with E-state index in [0.29, 0.717) is 33.2 Å². The van der Waals surface area contributed by atoms with E-state index in [1.165, 1.54) is 18.5 Å². The fraction of sp³-hybridized carbons (Fsp3) is 0.0625. The van der Waals surface area contributed by atoms with Gasteiger partial charge in [0.1, 0.15) is 17.9 Å². The van der Waals surface area contributed by atoms with Gasteiger partial charge in [-0.2, -0.15) is 0 Å². The molecule has 23 heavy (non-hydrogen) atoms. The number of benzene rings is 2. The van der Waals surface area contributed by atoms with Crippen molar-refractivity contribution in [2.24, 2.45) is 0 Å². The van der Waals surface area contributed by atoms with Crippen LogP contribution in [0.3, 0.4) is 0 Å². The minimum Gasteiger partial charge on any atom is -0.495 e. The van der Waals surface area contributed by atoms with Gasteiger partial charge in [0.05, 0.1) is 23.9 Å². The van der Waals surface area contributed by atoms with Gasteiger partial charge in [-0.25, -0.2) is 14.8 Å². The second-order valence-corrected chi connectivity index (χ2v) is 5.17. The van der Waals surface area contributed by atoms with Crippen molar-refractivity contribution in [1.29, 1.82) is 0 Å². The van der Waals surface area contributed by atoms with E-state index in [-0.39, 0.29) is 5.56 Å². The minimum absolute atomic E-state index is 0.169. The molecule has 1 aromatic heterocycles. The molecule has 0 saturated heterocycles. The third kappa shape index (κ3) is 3.02.